The number of benzene rings is 1. The molecule has 1 aromatic carbocycles. The summed E-state index contributed by atoms with van der Waals surface area (Å²) in [6.07, 6.45) is -4.31. The molecule has 0 saturated carbocycles. The van der Waals surface area contributed by atoms with Gasteiger partial charge < -0.3 is 0 Å². The van der Waals surface area contributed by atoms with Gasteiger partial charge in [-0.1, -0.05) is 37.9 Å². The molecule has 1 rings (SSSR count). The van der Waals surface area contributed by atoms with Crippen LogP contribution in [0.4, 0.5) is 13.2 Å². The lowest BCUT2D eigenvalue weighted by atomic mass is 10.1. The molecule has 0 N–H and O–H groups in total. The molecule has 0 amide bonds. The molecule has 0 nitrogen and oxygen atoms in total. The van der Waals surface area contributed by atoms with E-state index < -0.39 is 11.7 Å². The molecule has 0 heterocycles. The van der Waals surface area contributed by atoms with E-state index in [1.165, 1.54) is 6.07 Å². The van der Waals surface area contributed by atoms with Gasteiger partial charge >= 0.3 is 6.18 Å². The van der Waals surface area contributed by atoms with Crippen LogP contribution in [0.25, 0.3) is 0 Å². The minimum absolute atomic E-state index is 0.0712. The topological polar surface area (TPSA) is 0 Å². The summed E-state index contributed by atoms with van der Waals surface area (Å²) >= 11 is 6.11. The van der Waals surface area contributed by atoms with Crippen LogP contribution in [-0.2, 0) is 6.18 Å². The van der Waals surface area contributed by atoms with Gasteiger partial charge in [-0.05, 0) is 24.6 Å². The molecule has 14 heavy (non-hydrogen) atoms. The van der Waals surface area contributed by atoms with Crippen LogP contribution in [0.1, 0.15) is 22.9 Å². The number of hydrogen-bond acceptors (Lipinski definition) is 0. The summed E-state index contributed by atoms with van der Waals surface area (Å²) in [5.41, 5.74) is -0.0261. The van der Waals surface area contributed by atoms with E-state index in [4.69, 9.17) is 0 Å². The Balaban J connectivity index is 3.22. The fraction of sp³-hybridized carbons (Fsp3) is 0.333. The standard InChI is InChI=1S/C9H7Br2F3/c1-5(10)6-2-3-8(11)7(4-6)9(12,13)14/h2-5H,1H3. The maximum atomic E-state index is 12.4. The number of hydrogen-bond donors (Lipinski definition) is 0. The van der Waals surface area contributed by atoms with E-state index in [-0.39, 0.29) is 9.30 Å². The Bertz CT molecular complexity index is 331. The summed E-state index contributed by atoms with van der Waals surface area (Å²) in [7, 11) is 0. The predicted molar refractivity (Wildman–Crippen MR) is 56.5 cm³/mol. The average molecular weight is 332 g/mol. The highest BCUT2D eigenvalue weighted by Crippen LogP contribution is 2.37. The molecule has 78 valence electrons. The van der Waals surface area contributed by atoms with Crippen LogP contribution < -0.4 is 0 Å². The molecule has 0 aliphatic rings. The second-order valence-corrected chi connectivity index (χ2v) is 5.08. The van der Waals surface area contributed by atoms with Gasteiger partial charge in [-0.2, -0.15) is 13.2 Å². The summed E-state index contributed by atoms with van der Waals surface area (Å²) in [6.45, 7) is 1.78. The van der Waals surface area contributed by atoms with Gasteiger partial charge in [-0.25, -0.2) is 0 Å². The molecule has 0 spiro atoms. The van der Waals surface area contributed by atoms with Crippen LogP contribution in [0, 0.1) is 0 Å². The molecule has 1 aromatic rings. The lowest BCUT2D eigenvalue weighted by molar-refractivity contribution is -0.138. The lowest BCUT2D eigenvalue weighted by Crippen LogP contribution is -2.06. The van der Waals surface area contributed by atoms with Gasteiger partial charge in [0.25, 0.3) is 0 Å². The van der Waals surface area contributed by atoms with Crippen LogP contribution in [0.2, 0.25) is 0 Å². The molecular weight excluding hydrogens is 325 g/mol. The Hall–Kier alpha value is -0.0300. The molecule has 0 fully saturated rings. The molecule has 1 atom stereocenters. The molecule has 0 bridgehead atoms. The van der Waals surface area contributed by atoms with Gasteiger partial charge in [0.15, 0.2) is 0 Å². The van der Waals surface area contributed by atoms with Crippen molar-refractivity contribution in [3.8, 4) is 0 Å². The molecule has 0 aliphatic heterocycles. The molecule has 0 aromatic heterocycles. The number of alkyl halides is 4. The average Bonchev–Trinajstić information content (AvgIpc) is 2.02. The summed E-state index contributed by atoms with van der Waals surface area (Å²) in [6, 6.07) is 4.21. The molecule has 0 saturated heterocycles. The van der Waals surface area contributed by atoms with E-state index in [0.29, 0.717) is 5.56 Å². The second kappa shape index (κ2) is 4.23. The molecular formula is C9H7Br2F3. The Labute approximate surface area is 96.8 Å². The van der Waals surface area contributed by atoms with Crippen molar-refractivity contribution in [2.75, 3.05) is 0 Å². The number of halogens is 5. The fourth-order valence-electron chi connectivity index (χ4n) is 1.01. The van der Waals surface area contributed by atoms with Crippen LogP contribution >= 0.6 is 31.9 Å². The van der Waals surface area contributed by atoms with E-state index in [2.05, 4.69) is 31.9 Å². The highest BCUT2D eigenvalue weighted by atomic mass is 79.9. The van der Waals surface area contributed by atoms with Gasteiger partial charge in [0.1, 0.15) is 0 Å². The van der Waals surface area contributed by atoms with Crippen molar-refractivity contribution in [3.05, 3.63) is 33.8 Å². The van der Waals surface area contributed by atoms with Crippen LogP contribution in [0.15, 0.2) is 22.7 Å². The predicted octanol–water partition coefficient (Wildman–Crippen LogP) is 4.92. The van der Waals surface area contributed by atoms with Gasteiger partial charge in [-0.15, -0.1) is 0 Å². The van der Waals surface area contributed by atoms with Crippen molar-refractivity contribution in [1.29, 1.82) is 0 Å². The second-order valence-electron chi connectivity index (χ2n) is 2.85. The van der Waals surface area contributed by atoms with Gasteiger partial charge in [0, 0.05) is 9.30 Å². The van der Waals surface area contributed by atoms with E-state index >= 15 is 0 Å². The van der Waals surface area contributed by atoms with E-state index in [0.717, 1.165) is 6.07 Å². The van der Waals surface area contributed by atoms with Crippen LogP contribution in [0.5, 0.6) is 0 Å². The SMILES string of the molecule is CC(Br)c1ccc(Br)c(C(F)(F)F)c1. The monoisotopic (exact) mass is 330 g/mol. The summed E-state index contributed by atoms with van der Waals surface area (Å²) in [5, 5.41) is 0. The molecule has 0 aliphatic carbocycles. The van der Waals surface area contributed by atoms with Crippen LogP contribution in [0.3, 0.4) is 0 Å². The lowest BCUT2D eigenvalue weighted by Gasteiger charge is -2.12. The summed E-state index contributed by atoms with van der Waals surface area (Å²) in [5.74, 6) is 0. The van der Waals surface area contributed by atoms with Crippen molar-refractivity contribution in [2.45, 2.75) is 17.9 Å². The fourth-order valence-corrected chi connectivity index (χ4v) is 1.76. The normalized spacial score (nSPS) is 14.1. The highest BCUT2D eigenvalue weighted by molar-refractivity contribution is 9.10. The third-order valence-electron chi connectivity index (χ3n) is 1.76. The zero-order chi connectivity index (χ0) is 10.9. The van der Waals surface area contributed by atoms with Crippen molar-refractivity contribution < 1.29 is 13.2 Å². The summed E-state index contributed by atoms with van der Waals surface area (Å²) < 4.78 is 37.4. The zero-order valence-electron chi connectivity index (χ0n) is 7.20. The zero-order valence-corrected chi connectivity index (χ0v) is 10.4. The Morgan fingerprint density at radius 3 is 2.29 bits per heavy atom. The van der Waals surface area contributed by atoms with Crippen LogP contribution in [-0.4, -0.2) is 0 Å². The third-order valence-corrected chi connectivity index (χ3v) is 2.98. The first-order chi connectivity index (χ1) is 6.32. The Morgan fingerprint density at radius 2 is 1.86 bits per heavy atom. The van der Waals surface area contributed by atoms with Gasteiger partial charge in [-0.3, -0.25) is 0 Å². The van der Waals surface area contributed by atoms with E-state index in [1.54, 1.807) is 13.0 Å². The third kappa shape index (κ3) is 2.73. The maximum absolute atomic E-state index is 12.4. The number of rotatable bonds is 1. The van der Waals surface area contributed by atoms with Crippen molar-refractivity contribution in [3.63, 3.8) is 0 Å². The smallest absolute Gasteiger partial charge is 0.166 e. The minimum Gasteiger partial charge on any atom is -0.166 e. The highest BCUT2D eigenvalue weighted by Gasteiger charge is 2.33. The van der Waals surface area contributed by atoms with Gasteiger partial charge in [0.05, 0.1) is 5.56 Å². The first-order valence-electron chi connectivity index (χ1n) is 3.83. The maximum Gasteiger partial charge on any atom is 0.417 e. The van der Waals surface area contributed by atoms with E-state index in [9.17, 15) is 13.2 Å². The molecule has 0 radical (unpaired) electrons. The van der Waals surface area contributed by atoms with E-state index in [1.807, 2.05) is 0 Å². The minimum atomic E-state index is -4.31. The first kappa shape index (κ1) is 12.0. The first-order valence-corrected chi connectivity index (χ1v) is 5.54. The molecule has 1 unspecified atom stereocenters. The largest absolute Gasteiger partial charge is 0.417 e. The summed E-state index contributed by atoms with van der Waals surface area (Å²) in [4.78, 5) is -0.0864. The molecule has 5 heteroatoms. The van der Waals surface area contributed by atoms with Gasteiger partial charge in [0.2, 0.25) is 0 Å². The quantitative estimate of drug-likeness (QED) is 0.640. The van der Waals surface area contributed by atoms with Crippen molar-refractivity contribution in [1.82, 2.24) is 0 Å². The van der Waals surface area contributed by atoms with Crippen molar-refractivity contribution >= 4 is 31.9 Å². The Morgan fingerprint density at radius 1 is 1.29 bits per heavy atom. The van der Waals surface area contributed by atoms with Crippen molar-refractivity contribution in [2.24, 2.45) is 0 Å². The Kier molecular flexibility index (Phi) is 3.63.